The van der Waals surface area contributed by atoms with E-state index in [1.165, 1.54) is 13.1 Å². The monoisotopic (exact) mass is 593 g/mol. The number of nitrogens with zero attached hydrogens (tertiary/aromatic N) is 1. The molecule has 218 valence electrons. The Balaban J connectivity index is 1.88. The minimum absolute atomic E-state index is 0.0636. The van der Waals surface area contributed by atoms with E-state index >= 15 is 0 Å². The minimum Gasteiger partial charge on any atom is -0.452 e. The molecular weight excluding hydrogens is 564 g/mol. The molecule has 0 fully saturated rings. The van der Waals surface area contributed by atoms with Gasteiger partial charge >= 0.3 is 12.1 Å². The van der Waals surface area contributed by atoms with Gasteiger partial charge in [-0.15, -0.1) is 11.3 Å². The number of amides is 4. The Morgan fingerprint density at radius 3 is 2.19 bits per heavy atom. The summed E-state index contributed by atoms with van der Waals surface area (Å²) in [5, 5.41) is 8.08. The highest BCUT2D eigenvalue weighted by molar-refractivity contribution is 7.20. The molecule has 0 atom stereocenters. The lowest BCUT2D eigenvalue weighted by Gasteiger charge is -2.22. The highest BCUT2D eigenvalue weighted by atomic mass is 32.1. The normalized spacial score (nSPS) is 10.6. The van der Waals surface area contributed by atoms with E-state index in [9.17, 15) is 23.2 Å². The number of hydrogen-bond acceptors (Lipinski definition) is 6. The molecule has 1 aromatic heterocycles. The lowest BCUT2D eigenvalue weighted by Crippen LogP contribution is -2.32. The maximum Gasteiger partial charge on any atom is 0.414 e. The molecule has 0 aliphatic heterocycles. The fraction of sp³-hybridized carbons (Fsp3) is 0.167. The van der Waals surface area contributed by atoms with E-state index < -0.39 is 36.2 Å². The van der Waals surface area contributed by atoms with Crippen LogP contribution in [0.5, 0.6) is 0 Å². The number of nitrogens with one attached hydrogen (secondary N) is 3. The van der Waals surface area contributed by atoms with Gasteiger partial charge in [0.1, 0.15) is 16.6 Å². The average molecular weight is 594 g/mol. The predicted molar refractivity (Wildman–Crippen MR) is 160 cm³/mol. The number of rotatable bonds is 8. The maximum absolute atomic E-state index is 14.7. The molecule has 0 saturated heterocycles. The first-order valence-electron chi connectivity index (χ1n) is 12.8. The van der Waals surface area contributed by atoms with E-state index in [0.29, 0.717) is 27.4 Å². The summed E-state index contributed by atoms with van der Waals surface area (Å²) in [6, 6.07) is 16.9. The van der Waals surface area contributed by atoms with Crippen LogP contribution in [0.3, 0.4) is 0 Å². The molecule has 0 bridgehead atoms. The molecule has 0 unspecified atom stereocenters. The number of ether oxygens (including phenoxy) is 1. The van der Waals surface area contributed by atoms with E-state index in [1.807, 2.05) is 13.0 Å². The molecule has 42 heavy (non-hydrogen) atoms. The van der Waals surface area contributed by atoms with Crippen LogP contribution in [0, 0.1) is 18.6 Å². The number of benzene rings is 3. The van der Waals surface area contributed by atoms with Gasteiger partial charge in [0.25, 0.3) is 5.91 Å². The lowest BCUT2D eigenvalue weighted by molar-refractivity contribution is 0.102. The Kier molecular flexibility index (Phi) is 9.50. The van der Waals surface area contributed by atoms with E-state index in [4.69, 9.17) is 10.5 Å². The summed E-state index contributed by atoms with van der Waals surface area (Å²) >= 11 is 1.05. The quantitative estimate of drug-likeness (QED) is 0.193. The number of anilines is 3. The zero-order chi connectivity index (χ0) is 30.4. The largest absolute Gasteiger partial charge is 0.452 e. The van der Waals surface area contributed by atoms with Gasteiger partial charge in [-0.3, -0.25) is 9.69 Å². The van der Waals surface area contributed by atoms with Gasteiger partial charge in [0.15, 0.2) is 0 Å². The molecule has 3 aromatic carbocycles. The Labute approximate surface area is 245 Å². The third-order valence-electron chi connectivity index (χ3n) is 6.35. The van der Waals surface area contributed by atoms with Gasteiger partial charge in [-0.05, 0) is 60.0 Å². The summed E-state index contributed by atoms with van der Waals surface area (Å²) in [5.74, 6) is -2.28. The standard InChI is InChI=1S/C30H29F2N5O4S/c1-17-6-4-7-20(14-17)35-27(38)25-21(15-33)26(18-10-12-19(13-11-18)36-29(39)34-2)42-28(25)37(30(40)41-3)16-22-23(31)8-5-9-24(22)32/h4-14H,15-16,33H2,1-3H3,(H,35,38)(H2,34,36,39). The van der Waals surface area contributed by atoms with Crippen LogP contribution >= 0.6 is 11.3 Å². The molecule has 5 N–H and O–H groups in total. The summed E-state index contributed by atoms with van der Waals surface area (Å²) in [6.45, 7) is 1.23. The number of aryl methyl sites for hydroxylation is 1. The van der Waals surface area contributed by atoms with Crippen molar-refractivity contribution < 1.29 is 27.9 Å². The third kappa shape index (κ3) is 6.56. The van der Waals surface area contributed by atoms with Gasteiger partial charge in [0, 0.05) is 35.4 Å². The Morgan fingerprint density at radius 1 is 0.929 bits per heavy atom. The number of nitrogens with two attached hydrogens (primary N) is 1. The number of carbonyl (C=O) groups is 3. The van der Waals surface area contributed by atoms with Gasteiger partial charge in [0.2, 0.25) is 0 Å². The smallest absolute Gasteiger partial charge is 0.414 e. The number of halogens is 2. The number of urea groups is 1. The number of hydrogen-bond donors (Lipinski definition) is 4. The van der Waals surface area contributed by atoms with Gasteiger partial charge < -0.3 is 26.4 Å². The lowest BCUT2D eigenvalue weighted by atomic mass is 10.0. The van der Waals surface area contributed by atoms with Crippen molar-refractivity contribution >= 4 is 45.7 Å². The van der Waals surface area contributed by atoms with E-state index in [0.717, 1.165) is 41.0 Å². The van der Waals surface area contributed by atoms with Crippen LogP contribution in [0.1, 0.15) is 27.0 Å². The highest BCUT2D eigenvalue weighted by Crippen LogP contribution is 2.44. The second kappa shape index (κ2) is 13.2. The van der Waals surface area contributed by atoms with Gasteiger partial charge in [-0.25, -0.2) is 18.4 Å². The number of carbonyl (C=O) groups excluding carboxylic acids is 3. The summed E-state index contributed by atoms with van der Waals surface area (Å²) < 4.78 is 34.4. The second-order valence-corrected chi connectivity index (χ2v) is 10.2. The molecule has 0 aliphatic carbocycles. The topological polar surface area (TPSA) is 126 Å². The molecule has 4 aromatic rings. The first-order valence-corrected chi connectivity index (χ1v) is 13.6. The SMILES string of the molecule is CNC(=O)Nc1ccc(-c2sc(N(Cc3c(F)cccc3F)C(=O)OC)c(C(=O)Nc3cccc(C)c3)c2CN)cc1. The van der Waals surface area contributed by atoms with Gasteiger partial charge in [-0.2, -0.15) is 0 Å². The van der Waals surface area contributed by atoms with Gasteiger partial charge in [0.05, 0.1) is 19.2 Å². The average Bonchev–Trinajstić information content (AvgIpc) is 3.36. The van der Waals surface area contributed by atoms with Crippen LogP contribution in [-0.2, 0) is 17.8 Å². The third-order valence-corrected chi connectivity index (χ3v) is 7.65. The van der Waals surface area contributed by atoms with Crippen molar-refractivity contribution in [3.05, 3.63) is 101 Å². The van der Waals surface area contributed by atoms with Crippen LogP contribution in [0.25, 0.3) is 10.4 Å². The number of thiophene rings is 1. The highest BCUT2D eigenvalue weighted by Gasteiger charge is 2.32. The van der Waals surface area contributed by atoms with Crippen molar-refractivity contribution in [3.63, 3.8) is 0 Å². The molecule has 0 aliphatic rings. The van der Waals surface area contributed by atoms with Crippen molar-refractivity contribution in [1.82, 2.24) is 5.32 Å². The molecule has 12 heteroatoms. The summed E-state index contributed by atoms with van der Waals surface area (Å²) in [6.07, 6.45) is -0.927. The van der Waals surface area contributed by atoms with Crippen molar-refractivity contribution in [2.75, 3.05) is 29.7 Å². The molecule has 4 amide bonds. The molecule has 1 heterocycles. The maximum atomic E-state index is 14.7. The summed E-state index contributed by atoms with van der Waals surface area (Å²) in [7, 11) is 2.63. The van der Waals surface area contributed by atoms with Crippen LogP contribution in [0.2, 0.25) is 0 Å². The second-order valence-electron chi connectivity index (χ2n) is 9.16. The van der Waals surface area contributed by atoms with Crippen molar-refractivity contribution in [2.45, 2.75) is 20.0 Å². The van der Waals surface area contributed by atoms with Crippen LogP contribution in [0.15, 0.2) is 66.7 Å². The van der Waals surface area contributed by atoms with E-state index in [1.54, 1.807) is 42.5 Å². The molecule has 0 spiro atoms. The first-order chi connectivity index (χ1) is 20.2. The Bertz CT molecular complexity index is 1600. The molecular formula is C30H29F2N5O4S. The van der Waals surface area contributed by atoms with E-state index in [2.05, 4.69) is 16.0 Å². The predicted octanol–water partition coefficient (Wildman–Crippen LogP) is 6.24. The van der Waals surface area contributed by atoms with Crippen molar-refractivity contribution in [3.8, 4) is 10.4 Å². The Morgan fingerprint density at radius 2 is 1.60 bits per heavy atom. The van der Waals surface area contributed by atoms with E-state index in [-0.39, 0.29) is 22.7 Å². The van der Waals surface area contributed by atoms with Crippen LogP contribution in [0.4, 0.5) is 34.7 Å². The number of methoxy groups -OCH3 is 1. The zero-order valence-electron chi connectivity index (χ0n) is 23.1. The zero-order valence-corrected chi connectivity index (χ0v) is 23.9. The fourth-order valence-corrected chi connectivity index (χ4v) is 5.61. The van der Waals surface area contributed by atoms with Crippen molar-refractivity contribution in [1.29, 1.82) is 0 Å². The minimum atomic E-state index is -0.927. The van der Waals surface area contributed by atoms with Crippen LogP contribution < -0.4 is 26.6 Å². The summed E-state index contributed by atoms with van der Waals surface area (Å²) in [5.41, 5.74) is 8.87. The Hall–Kier alpha value is -4.81. The van der Waals surface area contributed by atoms with Crippen molar-refractivity contribution in [2.24, 2.45) is 5.73 Å². The molecule has 9 nitrogen and oxygen atoms in total. The van der Waals surface area contributed by atoms with Gasteiger partial charge in [-0.1, -0.05) is 30.3 Å². The first kappa shape index (κ1) is 30.2. The molecule has 0 radical (unpaired) electrons. The fourth-order valence-electron chi connectivity index (χ4n) is 4.29. The molecule has 4 rings (SSSR count). The van der Waals surface area contributed by atoms with Crippen LogP contribution in [-0.4, -0.2) is 32.2 Å². The summed E-state index contributed by atoms with van der Waals surface area (Å²) in [4.78, 5) is 40.2. The molecule has 0 saturated carbocycles.